The highest BCUT2D eigenvalue weighted by molar-refractivity contribution is 7.98. The van der Waals surface area contributed by atoms with Crippen LogP contribution in [-0.4, -0.2) is 35.8 Å². The number of aliphatic hydroxyl groups excluding tert-OH is 1. The van der Waals surface area contributed by atoms with E-state index >= 15 is 0 Å². The number of ether oxygens (including phenoxy) is 1. The van der Waals surface area contributed by atoms with E-state index in [-0.39, 0.29) is 12.0 Å². The maximum Gasteiger partial charge on any atom is 0.137 e. The average molecular weight is 257 g/mol. The van der Waals surface area contributed by atoms with E-state index in [2.05, 4.69) is 12.1 Å². The Labute approximate surface area is 106 Å². The topological polar surface area (TPSA) is 55.5 Å². The van der Waals surface area contributed by atoms with Crippen LogP contribution in [0.1, 0.15) is 23.9 Å². The molecule has 1 N–H and O–H groups in total. The number of nitrogens with zero attached hydrogens (tertiary/aromatic N) is 1. The normalized spacial score (nSPS) is 18.1. The van der Waals surface area contributed by atoms with Crippen molar-refractivity contribution in [2.24, 2.45) is 5.41 Å². The fourth-order valence-electron chi connectivity index (χ4n) is 1.88. The fourth-order valence-corrected chi connectivity index (χ4v) is 3.25. The molecule has 0 amide bonds. The van der Waals surface area contributed by atoms with Gasteiger partial charge >= 0.3 is 0 Å². The molecule has 2 heterocycles. The molecule has 0 aromatic carbocycles. The number of rotatable bonds is 6. The Balaban J connectivity index is 1.87. The van der Waals surface area contributed by atoms with Crippen molar-refractivity contribution in [2.45, 2.75) is 26.0 Å². The second-order valence-corrected chi connectivity index (χ2v) is 5.65. The Bertz CT molecular complexity index is 368. The van der Waals surface area contributed by atoms with Crippen LogP contribution in [0.25, 0.3) is 0 Å². The molecule has 1 fully saturated rings. The van der Waals surface area contributed by atoms with Gasteiger partial charge in [-0.1, -0.05) is 12.1 Å². The zero-order valence-corrected chi connectivity index (χ0v) is 11.2. The van der Waals surface area contributed by atoms with Crippen molar-refractivity contribution in [1.29, 1.82) is 0 Å². The molecule has 1 aromatic rings. The predicted octanol–water partition coefficient (Wildman–Crippen LogP) is 1.79. The molecule has 0 spiro atoms. The summed E-state index contributed by atoms with van der Waals surface area (Å²) in [6, 6.07) is 0. The maximum absolute atomic E-state index is 9.32. The first kappa shape index (κ1) is 12.9. The van der Waals surface area contributed by atoms with Crippen LogP contribution in [0, 0.1) is 12.3 Å². The van der Waals surface area contributed by atoms with Crippen molar-refractivity contribution in [1.82, 2.24) is 5.16 Å². The summed E-state index contributed by atoms with van der Waals surface area (Å²) in [6.45, 7) is 5.61. The van der Waals surface area contributed by atoms with Gasteiger partial charge in [-0.2, -0.15) is 11.8 Å². The van der Waals surface area contributed by atoms with Gasteiger partial charge in [-0.3, -0.25) is 0 Å². The van der Waals surface area contributed by atoms with Crippen molar-refractivity contribution in [3.05, 3.63) is 17.0 Å². The first-order valence-corrected chi connectivity index (χ1v) is 7.06. The van der Waals surface area contributed by atoms with Crippen molar-refractivity contribution in [3.63, 3.8) is 0 Å². The van der Waals surface area contributed by atoms with E-state index in [1.54, 1.807) is 0 Å². The third kappa shape index (κ3) is 2.67. The van der Waals surface area contributed by atoms with Gasteiger partial charge in [0, 0.05) is 22.5 Å². The first-order valence-electron chi connectivity index (χ1n) is 5.91. The molecule has 5 heteroatoms. The third-order valence-electron chi connectivity index (χ3n) is 3.21. The maximum atomic E-state index is 9.32. The van der Waals surface area contributed by atoms with Crippen molar-refractivity contribution >= 4 is 11.8 Å². The number of aliphatic hydroxyl groups is 1. The molecular formula is C12H19NO3S. The Morgan fingerprint density at radius 3 is 2.76 bits per heavy atom. The highest BCUT2D eigenvalue weighted by Gasteiger charge is 2.37. The summed E-state index contributed by atoms with van der Waals surface area (Å²) in [5.74, 6) is 2.75. The highest BCUT2D eigenvalue weighted by Crippen LogP contribution is 2.33. The minimum Gasteiger partial charge on any atom is -0.396 e. The molecule has 1 saturated heterocycles. The lowest BCUT2D eigenvalue weighted by Gasteiger charge is -2.39. The Morgan fingerprint density at radius 2 is 2.24 bits per heavy atom. The number of aromatic nitrogens is 1. The lowest BCUT2D eigenvalue weighted by atomic mass is 9.90. The molecule has 4 nitrogen and oxygen atoms in total. The smallest absolute Gasteiger partial charge is 0.137 e. The molecular weight excluding hydrogens is 238 g/mol. The van der Waals surface area contributed by atoms with Crippen LogP contribution in [0.5, 0.6) is 0 Å². The zero-order chi connectivity index (χ0) is 12.3. The summed E-state index contributed by atoms with van der Waals surface area (Å²) in [6.07, 6.45) is 0.904. The Kier molecular flexibility index (Phi) is 4.12. The zero-order valence-electron chi connectivity index (χ0n) is 10.4. The van der Waals surface area contributed by atoms with Crippen LogP contribution in [0.2, 0.25) is 0 Å². The molecule has 0 radical (unpaired) electrons. The summed E-state index contributed by atoms with van der Waals surface area (Å²) >= 11 is 1.82. The summed E-state index contributed by atoms with van der Waals surface area (Å²) in [5.41, 5.74) is 2.26. The molecule has 0 saturated carbocycles. The van der Waals surface area contributed by atoms with Crippen LogP contribution in [0.4, 0.5) is 0 Å². The number of thioether (sulfide) groups is 1. The fraction of sp³-hybridized carbons (Fsp3) is 0.750. The predicted molar refractivity (Wildman–Crippen MR) is 67.1 cm³/mol. The molecule has 1 aromatic heterocycles. The van der Waals surface area contributed by atoms with Gasteiger partial charge in [0.2, 0.25) is 0 Å². The van der Waals surface area contributed by atoms with Gasteiger partial charge in [0.1, 0.15) is 5.76 Å². The van der Waals surface area contributed by atoms with E-state index in [1.165, 1.54) is 5.56 Å². The highest BCUT2D eigenvalue weighted by atomic mass is 32.2. The third-order valence-corrected chi connectivity index (χ3v) is 4.52. The quantitative estimate of drug-likeness (QED) is 0.842. The van der Waals surface area contributed by atoms with Crippen LogP contribution in [0.3, 0.4) is 0 Å². The monoisotopic (exact) mass is 257 g/mol. The van der Waals surface area contributed by atoms with E-state index in [4.69, 9.17) is 9.26 Å². The molecule has 0 aliphatic carbocycles. The van der Waals surface area contributed by atoms with E-state index in [0.717, 1.165) is 29.4 Å². The van der Waals surface area contributed by atoms with E-state index in [9.17, 15) is 5.11 Å². The molecule has 1 aliphatic heterocycles. The summed E-state index contributed by atoms with van der Waals surface area (Å²) in [4.78, 5) is 0. The molecule has 17 heavy (non-hydrogen) atoms. The van der Waals surface area contributed by atoms with Crippen LogP contribution in [0.15, 0.2) is 4.52 Å². The summed E-state index contributed by atoms with van der Waals surface area (Å²) < 4.78 is 10.4. The van der Waals surface area contributed by atoms with Gasteiger partial charge in [0.15, 0.2) is 0 Å². The summed E-state index contributed by atoms with van der Waals surface area (Å²) in [5, 5.41) is 13.4. The van der Waals surface area contributed by atoms with Crippen molar-refractivity contribution in [3.8, 4) is 0 Å². The molecule has 2 rings (SSSR count). The van der Waals surface area contributed by atoms with Crippen molar-refractivity contribution < 1.29 is 14.4 Å². The van der Waals surface area contributed by atoms with Gasteiger partial charge in [0.25, 0.3) is 0 Å². The second kappa shape index (κ2) is 5.42. The number of hydrogen-bond acceptors (Lipinski definition) is 5. The van der Waals surface area contributed by atoms with E-state index in [1.807, 2.05) is 18.7 Å². The molecule has 0 bridgehead atoms. The van der Waals surface area contributed by atoms with Crippen molar-refractivity contribution in [2.75, 3.05) is 25.6 Å². The Morgan fingerprint density at radius 1 is 1.47 bits per heavy atom. The standard InChI is InChI=1S/C12H19NO3S/c1-3-11-10(9(2)16-13-11)4-17-8-12(5-14)6-15-7-12/h14H,3-8H2,1-2H3. The van der Waals surface area contributed by atoms with Crippen LogP contribution < -0.4 is 0 Å². The van der Waals surface area contributed by atoms with Crippen LogP contribution >= 0.6 is 11.8 Å². The molecule has 0 atom stereocenters. The van der Waals surface area contributed by atoms with Gasteiger partial charge < -0.3 is 14.4 Å². The Hall–Kier alpha value is -0.520. The lowest BCUT2D eigenvalue weighted by molar-refractivity contribution is -0.121. The second-order valence-electron chi connectivity index (χ2n) is 4.66. The molecule has 0 unspecified atom stereocenters. The number of aryl methyl sites for hydroxylation is 2. The van der Waals surface area contributed by atoms with Gasteiger partial charge in [-0.25, -0.2) is 0 Å². The van der Waals surface area contributed by atoms with Gasteiger partial charge in [-0.05, 0) is 13.3 Å². The molecule has 1 aliphatic rings. The molecule has 96 valence electrons. The lowest BCUT2D eigenvalue weighted by Crippen LogP contribution is -2.47. The van der Waals surface area contributed by atoms with Crippen LogP contribution in [-0.2, 0) is 16.9 Å². The summed E-state index contributed by atoms with van der Waals surface area (Å²) in [7, 11) is 0. The van der Waals surface area contributed by atoms with E-state index < -0.39 is 0 Å². The number of hydrogen-bond donors (Lipinski definition) is 1. The average Bonchev–Trinajstić information content (AvgIpc) is 2.64. The SMILES string of the molecule is CCc1noc(C)c1CSCC1(CO)COC1. The first-order chi connectivity index (χ1) is 8.21. The van der Waals surface area contributed by atoms with E-state index in [0.29, 0.717) is 13.2 Å². The minimum absolute atomic E-state index is 0.0118. The largest absolute Gasteiger partial charge is 0.396 e. The minimum atomic E-state index is -0.0118. The van der Waals surface area contributed by atoms with Gasteiger partial charge in [-0.15, -0.1) is 0 Å². The van der Waals surface area contributed by atoms with Gasteiger partial charge in [0.05, 0.1) is 25.5 Å².